The molecule has 3 aromatic carbocycles. The molecule has 306 valence electrons. The first kappa shape index (κ1) is 41.7. The van der Waals surface area contributed by atoms with Crippen LogP contribution in [0.15, 0.2) is 94.6 Å². The highest BCUT2D eigenvalue weighted by molar-refractivity contribution is 5.89. The summed E-state index contributed by atoms with van der Waals surface area (Å²) >= 11 is 0. The van der Waals surface area contributed by atoms with Crippen molar-refractivity contribution in [3.05, 3.63) is 128 Å². The van der Waals surface area contributed by atoms with Crippen molar-refractivity contribution in [1.82, 2.24) is 20.2 Å². The highest BCUT2D eigenvalue weighted by atomic mass is 19.4. The maximum atomic E-state index is 13.3. The molecular formula is C42H43F3N4O9. The van der Waals surface area contributed by atoms with Crippen LogP contribution in [-0.2, 0) is 24.5 Å². The number of aromatic nitrogens is 2. The molecule has 4 unspecified atom stereocenters. The number of hydrogen-bond donors (Lipinski definition) is 4. The molecule has 1 aromatic heterocycles. The van der Waals surface area contributed by atoms with E-state index in [1.54, 1.807) is 33.4 Å². The Morgan fingerprint density at radius 1 is 0.966 bits per heavy atom. The van der Waals surface area contributed by atoms with E-state index in [0.717, 1.165) is 27.5 Å². The molecule has 58 heavy (non-hydrogen) atoms. The lowest BCUT2D eigenvalue weighted by Crippen LogP contribution is -2.51. The lowest BCUT2D eigenvalue weighted by molar-refractivity contribution is -0.180. The maximum absolute atomic E-state index is 13.3. The fourth-order valence-corrected chi connectivity index (χ4v) is 7.60. The number of rotatable bonds is 13. The van der Waals surface area contributed by atoms with Crippen molar-refractivity contribution in [2.75, 3.05) is 27.4 Å². The summed E-state index contributed by atoms with van der Waals surface area (Å²) in [6, 6.07) is 23.4. The van der Waals surface area contributed by atoms with Crippen molar-refractivity contribution >= 4 is 11.8 Å². The van der Waals surface area contributed by atoms with Crippen LogP contribution in [0.4, 0.5) is 13.2 Å². The Morgan fingerprint density at radius 3 is 2.10 bits per heavy atom. The molecule has 2 saturated heterocycles. The predicted octanol–water partition coefficient (Wildman–Crippen LogP) is 3.57. The van der Waals surface area contributed by atoms with Crippen molar-refractivity contribution < 1.29 is 46.8 Å². The molecule has 0 saturated carbocycles. The van der Waals surface area contributed by atoms with Crippen LogP contribution in [0.1, 0.15) is 55.2 Å². The van der Waals surface area contributed by atoms with E-state index in [1.807, 2.05) is 78.9 Å². The summed E-state index contributed by atoms with van der Waals surface area (Å²) in [6.45, 7) is 2.92. The van der Waals surface area contributed by atoms with Crippen LogP contribution >= 0.6 is 0 Å². The van der Waals surface area contributed by atoms with E-state index in [2.05, 4.69) is 22.1 Å². The van der Waals surface area contributed by atoms with Gasteiger partial charge in [-0.2, -0.15) is 13.2 Å². The number of fused-ring (bicyclic) bond motifs is 2. The summed E-state index contributed by atoms with van der Waals surface area (Å²) < 4.78 is 63.5. The zero-order chi connectivity index (χ0) is 41.8. The molecule has 0 radical (unpaired) electrons. The third kappa shape index (κ3) is 8.38. The molecule has 4 aromatic rings. The van der Waals surface area contributed by atoms with Gasteiger partial charge in [-0.15, -0.1) is 0 Å². The van der Waals surface area contributed by atoms with Crippen LogP contribution in [0.5, 0.6) is 11.5 Å². The Balaban J connectivity index is 1.31. The molecule has 2 amide bonds. The molecular weight excluding hydrogens is 761 g/mol. The van der Waals surface area contributed by atoms with Gasteiger partial charge in [0.2, 0.25) is 5.91 Å². The Labute approximate surface area is 331 Å². The molecule has 16 heteroatoms. The average molecular weight is 805 g/mol. The zero-order valence-electron chi connectivity index (χ0n) is 32.1. The van der Waals surface area contributed by atoms with Gasteiger partial charge in [-0.3, -0.25) is 23.9 Å². The van der Waals surface area contributed by atoms with Crippen LogP contribution in [0.2, 0.25) is 0 Å². The van der Waals surface area contributed by atoms with E-state index in [9.17, 15) is 37.5 Å². The number of alkyl halides is 3. The van der Waals surface area contributed by atoms with Gasteiger partial charge in [0.05, 0.1) is 27.4 Å². The van der Waals surface area contributed by atoms with Gasteiger partial charge in [0, 0.05) is 11.6 Å². The van der Waals surface area contributed by atoms with Crippen LogP contribution in [0, 0.1) is 17.8 Å². The Kier molecular flexibility index (Phi) is 12.2. The number of halogens is 3. The maximum Gasteiger partial charge on any atom is 0.471 e. The molecule has 4 N–H and O–H groups in total. The molecule has 2 fully saturated rings. The lowest BCUT2D eigenvalue weighted by atomic mass is 9.63. The second-order valence-electron chi connectivity index (χ2n) is 14.6. The van der Waals surface area contributed by atoms with Gasteiger partial charge >= 0.3 is 17.8 Å². The highest BCUT2D eigenvalue weighted by Crippen LogP contribution is 2.54. The van der Waals surface area contributed by atoms with Crippen molar-refractivity contribution in [3.63, 3.8) is 0 Å². The van der Waals surface area contributed by atoms with E-state index in [1.165, 1.54) is 0 Å². The van der Waals surface area contributed by atoms with Crippen molar-refractivity contribution in [2.45, 2.75) is 68.4 Å². The molecule has 2 aliphatic rings. The minimum atomic E-state index is -5.18. The second kappa shape index (κ2) is 16.9. The smallest absolute Gasteiger partial charge is 0.471 e. The first-order valence-corrected chi connectivity index (χ1v) is 18.4. The largest absolute Gasteiger partial charge is 0.497 e. The van der Waals surface area contributed by atoms with Gasteiger partial charge in [0.1, 0.15) is 40.9 Å². The summed E-state index contributed by atoms with van der Waals surface area (Å²) in [7, 11) is 3.15. The fraction of sp³-hybridized carbons (Fsp3) is 0.381. The number of carbonyl (C=O) groups excluding carboxylic acids is 2. The summed E-state index contributed by atoms with van der Waals surface area (Å²) in [4.78, 5) is 52.6. The number of methoxy groups -OCH3 is 2. The highest BCUT2D eigenvalue weighted by Gasteiger charge is 2.64. The minimum Gasteiger partial charge on any atom is -0.497 e. The quantitative estimate of drug-likeness (QED) is 0.117. The fourth-order valence-electron chi connectivity index (χ4n) is 7.60. The lowest BCUT2D eigenvalue weighted by Gasteiger charge is -2.43. The van der Waals surface area contributed by atoms with Crippen LogP contribution in [-0.4, -0.2) is 83.9 Å². The Bertz CT molecular complexity index is 2240. The van der Waals surface area contributed by atoms with E-state index in [-0.39, 0.29) is 30.9 Å². The summed E-state index contributed by atoms with van der Waals surface area (Å²) in [6.07, 6.45) is -7.43. The predicted molar refractivity (Wildman–Crippen MR) is 204 cm³/mol. The normalized spacial score (nSPS) is 20.5. The number of aliphatic hydroxyl groups is 1. The van der Waals surface area contributed by atoms with Crippen molar-refractivity contribution in [1.29, 1.82) is 0 Å². The first-order valence-electron chi connectivity index (χ1n) is 18.4. The van der Waals surface area contributed by atoms with Crippen molar-refractivity contribution in [3.8, 4) is 23.3 Å². The summed E-state index contributed by atoms with van der Waals surface area (Å²) in [5.41, 5.74) is -1.67. The van der Waals surface area contributed by atoms with E-state index in [0.29, 0.717) is 11.5 Å². The third-order valence-corrected chi connectivity index (χ3v) is 10.4. The summed E-state index contributed by atoms with van der Waals surface area (Å²) in [5.74, 6) is 3.04. The number of amides is 2. The van der Waals surface area contributed by atoms with Crippen LogP contribution < -0.4 is 31.4 Å². The van der Waals surface area contributed by atoms with Crippen molar-refractivity contribution in [2.24, 2.45) is 5.92 Å². The van der Waals surface area contributed by atoms with Gasteiger partial charge < -0.3 is 34.7 Å². The number of H-pyrrole nitrogens is 1. The standard InChI is InChI=1S/C42H43F3N4O9/c1-25(2)21-32(47-38(53)42(43,44)45)36(52)46-20-8-9-26-22-49(39(54)48-35(26)51)37-33-34(50)40(58-37,24-57-33)23-41(27-10-6-5-7-11-27,28-12-16-30(55-3)17-13-28)29-14-18-31(56-4)19-15-29/h5-7,10-19,22,25,32-34,37,50H,20-21,23-24H2,1-4H3,(H,46,52)(H,47,53)(H,48,51,54)/t32?,33?,34?,37-,40?/m1/s1. The Morgan fingerprint density at radius 2 is 1.55 bits per heavy atom. The molecule has 3 heterocycles. The zero-order valence-corrected chi connectivity index (χ0v) is 32.1. The van der Waals surface area contributed by atoms with E-state index < -0.39 is 71.3 Å². The second-order valence-corrected chi connectivity index (χ2v) is 14.6. The number of aliphatic hydroxyl groups excluding tert-OH is 1. The number of nitrogens with one attached hydrogen (secondary N) is 3. The monoisotopic (exact) mass is 804 g/mol. The third-order valence-electron chi connectivity index (χ3n) is 10.4. The van der Waals surface area contributed by atoms with Gasteiger partial charge in [0.25, 0.3) is 5.56 Å². The number of benzene rings is 3. The van der Waals surface area contributed by atoms with E-state index >= 15 is 0 Å². The molecule has 5 atom stereocenters. The van der Waals surface area contributed by atoms with Gasteiger partial charge in [-0.05, 0) is 59.7 Å². The minimum absolute atomic E-state index is 0.0259. The first-order chi connectivity index (χ1) is 27.6. The van der Waals surface area contributed by atoms with Crippen LogP contribution in [0.3, 0.4) is 0 Å². The molecule has 0 spiro atoms. The molecule has 2 bridgehead atoms. The number of ether oxygens (including phenoxy) is 4. The number of aromatic amines is 1. The molecule has 13 nitrogen and oxygen atoms in total. The van der Waals surface area contributed by atoms with Crippen LogP contribution in [0.25, 0.3) is 0 Å². The van der Waals surface area contributed by atoms with Gasteiger partial charge in [0.15, 0.2) is 6.23 Å². The average Bonchev–Trinajstić information content (AvgIpc) is 3.66. The number of hydrogen-bond acceptors (Lipinski definition) is 9. The van der Waals surface area contributed by atoms with Gasteiger partial charge in [-0.25, -0.2) is 4.79 Å². The topological polar surface area (TPSA) is 170 Å². The van der Waals surface area contributed by atoms with E-state index in [4.69, 9.17) is 18.9 Å². The molecule has 0 aliphatic carbocycles. The Hall–Kier alpha value is -5.89. The molecule has 2 aliphatic heterocycles. The molecule has 6 rings (SSSR count). The summed E-state index contributed by atoms with van der Waals surface area (Å²) in [5, 5.41) is 16.0. The SMILES string of the molecule is COc1ccc(C(CC23COC(C2O)[C@H](n2cc(C#CCNC(=O)C(CC(C)C)NC(=O)C(F)(F)F)c(=O)[nH]c2=O)O3)(c2ccccc2)c2ccc(OC)cc2)cc1. The number of nitrogens with zero attached hydrogens (tertiary/aromatic N) is 1. The van der Waals surface area contributed by atoms with Gasteiger partial charge in [-0.1, -0.05) is 80.3 Å². The number of carbonyl (C=O) groups is 2.